The summed E-state index contributed by atoms with van der Waals surface area (Å²) in [5, 5.41) is 4.91. The number of carbonyl (C=O) groups is 1. The van der Waals surface area contributed by atoms with E-state index in [0.717, 1.165) is 12.8 Å². The summed E-state index contributed by atoms with van der Waals surface area (Å²) in [6.45, 7) is 4.26. The van der Waals surface area contributed by atoms with Crippen molar-refractivity contribution in [2.24, 2.45) is 5.41 Å². The van der Waals surface area contributed by atoms with E-state index in [4.69, 9.17) is 0 Å². The van der Waals surface area contributed by atoms with E-state index in [-0.39, 0.29) is 6.07 Å². The normalized spacial score (nSPS) is 21.1. The molecule has 1 saturated heterocycles. The molecule has 0 spiro atoms. The SMILES string of the molecule is CC1(C)CCCNC1C(=O)Nc1c(F)c(F)cc(F)c1F. The Kier molecular flexibility index (Phi) is 4.22. The maximum absolute atomic E-state index is 13.5. The van der Waals surface area contributed by atoms with Crippen LogP contribution in [0.4, 0.5) is 23.2 Å². The van der Waals surface area contributed by atoms with Gasteiger partial charge in [0.05, 0.1) is 6.04 Å². The first kappa shape index (κ1) is 15.8. The molecule has 1 unspecified atom stereocenters. The van der Waals surface area contributed by atoms with Crippen LogP contribution in [0, 0.1) is 28.7 Å². The van der Waals surface area contributed by atoms with Crippen LogP contribution in [0.2, 0.25) is 0 Å². The van der Waals surface area contributed by atoms with E-state index < -0.39 is 46.3 Å². The molecule has 21 heavy (non-hydrogen) atoms. The van der Waals surface area contributed by atoms with E-state index in [1.165, 1.54) is 0 Å². The number of amides is 1. The van der Waals surface area contributed by atoms with Crippen LogP contribution in [-0.2, 0) is 4.79 Å². The minimum atomic E-state index is -1.61. The third-order valence-corrected chi connectivity index (χ3v) is 3.75. The van der Waals surface area contributed by atoms with Gasteiger partial charge >= 0.3 is 0 Å². The topological polar surface area (TPSA) is 41.1 Å². The fourth-order valence-electron chi connectivity index (χ4n) is 2.54. The van der Waals surface area contributed by atoms with Gasteiger partial charge in [-0.05, 0) is 24.8 Å². The molecule has 7 heteroatoms. The minimum absolute atomic E-state index is 0.100. The Labute approximate surface area is 119 Å². The average molecular weight is 304 g/mol. The van der Waals surface area contributed by atoms with Crippen LogP contribution in [-0.4, -0.2) is 18.5 Å². The van der Waals surface area contributed by atoms with Gasteiger partial charge in [-0.2, -0.15) is 0 Å². The van der Waals surface area contributed by atoms with Gasteiger partial charge in [-0.1, -0.05) is 13.8 Å². The van der Waals surface area contributed by atoms with Crippen LogP contribution in [0.25, 0.3) is 0 Å². The van der Waals surface area contributed by atoms with Crippen molar-refractivity contribution in [3.05, 3.63) is 29.3 Å². The van der Waals surface area contributed by atoms with Gasteiger partial charge in [0, 0.05) is 6.07 Å². The average Bonchev–Trinajstić information content (AvgIpc) is 2.40. The molecule has 0 aromatic heterocycles. The van der Waals surface area contributed by atoms with Gasteiger partial charge in [0.25, 0.3) is 0 Å². The quantitative estimate of drug-likeness (QED) is 0.651. The Hall–Kier alpha value is -1.63. The highest BCUT2D eigenvalue weighted by Gasteiger charge is 2.38. The van der Waals surface area contributed by atoms with Gasteiger partial charge in [-0.3, -0.25) is 4.79 Å². The third-order valence-electron chi connectivity index (χ3n) is 3.75. The molecule has 116 valence electrons. The standard InChI is InChI=1S/C14H16F4N2O/c1-14(2)4-3-5-19-12(14)13(21)20-11-9(17)7(15)6-8(16)10(11)18/h6,12,19H,3-5H2,1-2H3,(H,20,21). The molecule has 0 aliphatic carbocycles. The highest BCUT2D eigenvalue weighted by molar-refractivity contribution is 5.95. The van der Waals surface area contributed by atoms with E-state index in [9.17, 15) is 22.4 Å². The van der Waals surface area contributed by atoms with Crippen LogP contribution >= 0.6 is 0 Å². The van der Waals surface area contributed by atoms with E-state index in [1.54, 1.807) is 0 Å². The van der Waals surface area contributed by atoms with E-state index >= 15 is 0 Å². The van der Waals surface area contributed by atoms with Crippen molar-refractivity contribution in [1.29, 1.82) is 0 Å². The summed E-state index contributed by atoms with van der Waals surface area (Å²) >= 11 is 0. The van der Waals surface area contributed by atoms with Crippen molar-refractivity contribution >= 4 is 11.6 Å². The fraction of sp³-hybridized carbons (Fsp3) is 0.500. The molecule has 1 aliphatic rings. The molecular formula is C14H16F4N2O. The maximum atomic E-state index is 13.5. The molecule has 1 aromatic rings. The smallest absolute Gasteiger partial charge is 0.242 e. The number of piperidine rings is 1. The van der Waals surface area contributed by atoms with Crippen LogP contribution in [0.15, 0.2) is 6.07 Å². The number of benzene rings is 1. The van der Waals surface area contributed by atoms with Gasteiger partial charge in [-0.25, -0.2) is 17.6 Å². The van der Waals surface area contributed by atoms with Crippen LogP contribution in [0.5, 0.6) is 0 Å². The Morgan fingerprint density at radius 3 is 2.33 bits per heavy atom. The number of nitrogens with one attached hydrogen (secondary N) is 2. The van der Waals surface area contributed by atoms with E-state index in [0.29, 0.717) is 6.54 Å². The van der Waals surface area contributed by atoms with Crippen molar-refractivity contribution in [1.82, 2.24) is 5.32 Å². The summed E-state index contributed by atoms with van der Waals surface area (Å²) < 4.78 is 53.3. The highest BCUT2D eigenvalue weighted by Crippen LogP contribution is 2.31. The highest BCUT2D eigenvalue weighted by atomic mass is 19.2. The zero-order valence-electron chi connectivity index (χ0n) is 11.7. The number of anilines is 1. The largest absolute Gasteiger partial charge is 0.320 e. The van der Waals surface area contributed by atoms with Gasteiger partial charge in [-0.15, -0.1) is 0 Å². The minimum Gasteiger partial charge on any atom is -0.320 e. The Morgan fingerprint density at radius 1 is 1.24 bits per heavy atom. The van der Waals surface area contributed by atoms with Crippen molar-refractivity contribution in [3.8, 4) is 0 Å². The summed E-state index contributed by atoms with van der Waals surface area (Å²) in [5.41, 5.74) is -1.53. The summed E-state index contributed by atoms with van der Waals surface area (Å²) in [6, 6.07) is -0.597. The monoisotopic (exact) mass is 304 g/mol. The van der Waals surface area contributed by atoms with Crippen molar-refractivity contribution in [2.75, 3.05) is 11.9 Å². The molecule has 0 bridgehead atoms. The number of carbonyl (C=O) groups excluding carboxylic acids is 1. The number of hydrogen-bond donors (Lipinski definition) is 2. The van der Waals surface area contributed by atoms with Crippen LogP contribution < -0.4 is 10.6 Å². The van der Waals surface area contributed by atoms with Crippen molar-refractivity contribution < 1.29 is 22.4 Å². The lowest BCUT2D eigenvalue weighted by Gasteiger charge is -2.38. The molecule has 1 aliphatic heterocycles. The molecule has 1 heterocycles. The predicted octanol–water partition coefficient (Wildman–Crippen LogP) is 2.96. The second kappa shape index (κ2) is 5.63. The molecule has 3 nitrogen and oxygen atoms in total. The first-order valence-electron chi connectivity index (χ1n) is 6.61. The summed E-state index contributed by atoms with van der Waals surface area (Å²) in [6.07, 6.45) is 1.62. The lowest BCUT2D eigenvalue weighted by molar-refractivity contribution is -0.121. The van der Waals surface area contributed by atoms with Gasteiger partial charge in [0.15, 0.2) is 23.3 Å². The number of rotatable bonds is 2. The first-order valence-corrected chi connectivity index (χ1v) is 6.61. The lowest BCUT2D eigenvalue weighted by atomic mass is 9.77. The Balaban J connectivity index is 2.28. The molecule has 0 saturated carbocycles. The molecule has 1 aromatic carbocycles. The Morgan fingerprint density at radius 2 is 1.81 bits per heavy atom. The molecule has 1 fully saturated rings. The second-order valence-corrected chi connectivity index (χ2v) is 5.81. The van der Waals surface area contributed by atoms with E-state index in [2.05, 4.69) is 5.32 Å². The van der Waals surface area contributed by atoms with Crippen molar-refractivity contribution in [3.63, 3.8) is 0 Å². The van der Waals surface area contributed by atoms with Gasteiger partial charge < -0.3 is 10.6 Å². The molecular weight excluding hydrogens is 288 g/mol. The molecule has 2 rings (SSSR count). The van der Waals surface area contributed by atoms with Gasteiger partial charge in [0.2, 0.25) is 5.91 Å². The molecule has 2 N–H and O–H groups in total. The van der Waals surface area contributed by atoms with Crippen molar-refractivity contribution in [2.45, 2.75) is 32.7 Å². The maximum Gasteiger partial charge on any atom is 0.242 e. The molecule has 1 atom stereocenters. The summed E-state index contributed by atoms with van der Waals surface area (Å²) in [7, 11) is 0. The second-order valence-electron chi connectivity index (χ2n) is 5.81. The summed E-state index contributed by atoms with van der Waals surface area (Å²) in [5.74, 6) is -7.06. The zero-order chi connectivity index (χ0) is 15.8. The number of halogens is 4. The molecule has 1 amide bonds. The third kappa shape index (κ3) is 3.02. The van der Waals surface area contributed by atoms with E-state index in [1.807, 2.05) is 19.2 Å². The summed E-state index contributed by atoms with van der Waals surface area (Å²) in [4.78, 5) is 12.2. The van der Waals surface area contributed by atoms with Crippen LogP contribution in [0.1, 0.15) is 26.7 Å². The Bertz CT molecular complexity index is 548. The predicted molar refractivity (Wildman–Crippen MR) is 69.7 cm³/mol. The zero-order valence-corrected chi connectivity index (χ0v) is 11.7. The first-order chi connectivity index (χ1) is 9.74. The lowest BCUT2D eigenvalue weighted by Crippen LogP contribution is -2.53. The van der Waals surface area contributed by atoms with Crippen LogP contribution in [0.3, 0.4) is 0 Å². The van der Waals surface area contributed by atoms with Gasteiger partial charge in [0.1, 0.15) is 5.69 Å². The fourth-order valence-corrected chi connectivity index (χ4v) is 2.54. The molecule has 0 radical (unpaired) electrons. The number of hydrogen-bond acceptors (Lipinski definition) is 2.